The Balaban J connectivity index is 1.71. The van der Waals surface area contributed by atoms with Crippen LogP contribution in [0.1, 0.15) is 5.69 Å². The molecule has 1 aromatic heterocycles. The van der Waals surface area contributed by atoms with Gasteiger partial charge in [-0.3, -0.25) is 0 Å². The zero-order valence-corrected chi connectivity index (χ0v) is 14.4. The van der Waals surface area contributed by atoms with E-state index in [-0.39, 0.29) is 30.6 Å². The summed E-state index contributed by atoms with van der Waals surface area (Å²) in [4.78, 5) is 18.7. The lowest BCUT2D eigenvalue weighted by molar-refractivity contribution is -0.138. The van der Waals surface area contributed by atoms with E-state index in [2.05, 4.69) is 9.98 Å². The summed E-state index contributed by atoms with van der Waals surface area (Å²) in [5.41, 5.74) is 0.0746. The van der Waals surface area contributed by atoms with E-state index in [1.54, 1.807) is 7.11 Å². The van der Waals surface area contributed by atoms with Gasteiger partial charge in [-0.25, -0.2) is 14.8 Å². The summed E-state index contributed by atoms with van der Waals surface area (Å²) in [5, 5.41) is 18.9. The number of carboxylic acid groups (broad SMARTS) is 1. The summed E-state index contributed by atoms with van der Waals surface area (Å²) in [6, 6.07) is 0.369. The molecule has 0 aromatic carbocycles. The Bertz CT molecular complexity index is 622. The lowest BCUT2D eigenvalue weighted by atomic mass is 10.3. The number of rotatable bonds is 12. The van der Waals surface area contributed by atoms with Crippen LogP contribution in [0.3, 0.4) is 0 Å². The van der Waals surface area contributed by atoms with Crippen LogP contribution in [0.2, 0.25) is 0 Å². The molecule has 1 aliphatic rings. The first-order valence-corrected chi connectivity index (χ1v) is 8.02. The summed E-state index contributed by atoms with van der Waals surface area (Å²) in [6.07, 6.45) is 1.39. The van der Waals surface area contributed by atoms with Crippen LogP contribution in [0.5, 0.6) is 11.5 Å². The number of nitrogens with zero attached hydrogens (tertiary/aromatic N) is 2. The maximum Gasteiger partial charge on any atom is 0.332 e. The van der Waals surface area contributed by atoms with E-state index in [0.717, 1.165) is 0 Å². The molecular weight excluding hydrogens is 348 g/mol. The van der Waals surface area contributed by atoms with Crippen LogP contribution in [0.25, 0.3) is 0 Å². The first-order valence-electron chi connectivity index (χ1n) is 8.02. The number of hydrogen-bond donors (Lipinski definition) is 2. The Morgan fingerprint density at radius 2 is 1.92 bits per heavy atom. The van der Waals surface area contributed by atoms with Crippen molar-refractivity contribution >= 4 is 11.9 Å². The van der Waals surface area contributed by atoms with E-state index in [1.807, 2.05) is 0 Å². The van der Waals surface area contributed by atoms with Crippen molar-refractivity contribution in [2.45, 2.75) is 6.04 Å². The average Bonchev–Trinajstić information content (AvgIpc) is 3.10. The first kappa shape index (κ1) is 19.9. The summed E-state index contributed by atoms with van der Waals surface area (Å²) in [7, 11) is 1.61. The van der Waals surface area contributed by atoms with Gasteiger partial charge in [0.25, 0.3) is 0 Å². The second-order valence-electron chi connectivity index (χ2n) is 5.20. The highest BCUT2D eigenvalue weighted by molar-refractivity contribution is 5.97. The van der Waals surface area contributed by atoms with Crippen LogP contribution in [-0.2, 0) is 23.7 Å². The number of hydrogen-bond acceptors (Lipinski definition) is 9. The van der Waals surface area contributed by atoms with Gasteiger partial charge in [0, 0.05) is 13.2 Å². The lowest BCUT2D eigenvalue weighted by Gasteiger charge is -2.09. The Labute approximate surface area is 150 Å². The molecule has 0 saturated heterocycles. The fraction of sp³-hybridized carbons (Fsp3) is 0.562. The number of carboxylic acids is 1. The molecule has 0 spiro atoms. The van der Waals surface area contributed by atoms with Crippen LogP contribution in [0.4, 0.5) is 0 Å². The van der Waals surface area contributed by atoms with Crippen LogP contribution < -0.4 is 4.74 Å². The molecule has 1 aromatic rings. The molecule has 10 nitrogen and oxygen atoms in total. The Morgan fingerprint density at radius 1 is 1.23 bits per heavy atom. The fourth-order valence-electron chi connectivity index (χ4n) is 1.99. The molecule has 2 rings (SSSR count). The molecule has 0 aliphatic carbocycles. The summed E-state index contributed by atoms with van der Waals surface area (Å²) < 4.78 is 26.0. The largest absolute Gasteiger partial charge is 0.505 e. The lowest BCUT2D eigenvalue weighted by Crippen LogP contribution is -2.18. The van der Waals surface area contributed by atoms with E-state index in [4.69, 9.17) is 28.8 Å². The molecule has 2 heterocycles. The topological polar surface area (TPSA) is 129 Å². The van der Waals surface area contributed by atoms with E-state index in [9.17, 15) is 9.90 Å². The minimum Gasteiger partial charge on any atom is -0.505 e. The van der Waals surface area contributed by atoms with Crippen molar-refractivity contribution in [2.75, 3.05) is 53.4 Å². The SMILES string of the molecule is COCCOCCOCCOc1cnc(C2=N[C@@H](C(=O)O)CO2)c(O)c1. The highest BCUT2D eigenvalue weighted by atomic mass is 16.6. The molecule has 0 bridgehead atoms. The van der Waals surface area contributed by atoms with Gasteiger partial charge in [0.15, 0.2) is 17.5 Å². The minimum absolute atomic E-state index is 0.00161. The van der Waals surface area contributed by atoms with Crippen molar-refractivity contribution in [2.24, 2.45) is 4.99 Å². The number of carbonyl (C=O) groups is 1. The van der Waals surface area contributed by atoms with Crippen LogP contribution in [-0.4, -0.2) is 86.5 Å². The molecule has 0 unspecified atom stereocenters. The van der Waals surface area contributed by atoms with Crippen LogP contribution >= 0.6 is 0 Å². The van der Waals surface area contributed by atoms with Gasteiger partial charge in [0.05, 0.1) is 39.2 Å². The number of aliphatic imine (C=N–C) groups is 1. The van der Waals surface area contributed by atoms with Crippen molar-refractivity contribution in [3.8, 4) is 11.5 Å². The number of aromatic hydroxyl groups is 1. The predicted octanol–water partition coefficient (Wildman–Crippen LogP) is 0.0756. The zero-order chi connectivity index (χ0) is 18.8. The number of aliphatic carboxylic acids is 1. The van der Waals surface area contributed by atoms with E-state index in [1.165, 1.54) is 12.3 Å². The smallest absolute Gasteiger partial charge is 0.332 e. The standard InChI is InChI=1S/C16H22N2O8/c1-22-2-3-23-4-5-24-6-7-25-11-8-13(19)14(17-9-11)15-18-12(10-26-15)16(20)21/h8-9,12,19H,2-7,10H2,1H3,(H,20,21)/t12-/m1/s1. The van der Waals surface area contributed by atoms with Crippen molar-refractivity contribution in [3.63, 3.8) is 0 Å². The van der Waals surface area contributed by atoms with Gasteiger partial charge in [-0.2, -0.15) is 0 Å². The summed E-state index contributed by atoms with van der Waals surface area (Å²) in [6.45, 7) is 2.52. The molecule has 144 valence electrons. The molecule has 0 fully saturated rings. The van der Waals surface area contributed by atoms with Gasteiger partial charge < -0.3 is 33.9 Å². The van der Waals surface area contributed by atoms with Gasteiger partial charge >= 0.3 is 5.97 Å². The van der Waals surface area contributed by atoms with Gasteiger partial charge in [-0.15, -0.1) is 0 Å². The molecular formula is C16H22N2O8. The Morgan fingerprint density at radius 3 is 2.54 bits per heavy atom. The first-order chi connectivity index (χ1) is 12.6. The third-order valence-corrected chi connectivity index (χ3v) is 3.28. The molecule has 10 heteroatoms. The van der Waals surface area contributed by atoms with Gasteiger partial charge in [-0.1, -0.05) is 0 Å². The maximum atomic E-state index is 10.9. The van der Waals surface area contributed by atoms with Crippen molar-refractivity contribution < 1.29 is 38.7 Å². The molecule has 0 radical (unpaired) electrons. The number of methoxy groups -OCH3 is 1. The van der Waals surface area contributed by atoms with Crippen molar-refractivity contribution in [1.82, 2.24) is 4.98 Å². The van der Waals surface area contributed by atoms with Crippen LogP contribution in [0.15, 0.2) is 17.3 Å². The highest BCUT2D eigenvalue weighted by Gasteiger charge is 2.28. The minimum atomic E-state index is -1.09. The number of pyridine rings is 1. The maximum absolute atomic E-state index is 10.9. The monoisotopic (exact) mass is 370 g/mol. The Hall–Kier alpha value is -2.43. The molecule has 2 N–H and O–H groups in total. The zero-order valence-electron chi connectivity index (χ0n) is 14.4. The predicted molar refractivity (Wildman–Crippen MR) is 88.8 cm³/mol. The van der Waals surface area contributed by atoms with Crippen LogP contribution in [0, 0.1) is 0 Å². The molecule has 26 heavy (non-hydrogen) atoms. The second kappa shape index (κ2) is 10.5. The second-order valence-corrected chi connectivity index (χ2v) is 5.20. The average molecular weight is 370 g/mol. The molecule has 1 atom stereocenters. The highest BCUT2D eigenvalue weighted by Crippen LogP contribution is 2.24. The molecule has 0 saturated carbocycles. The fourth-order valence-corrected chi connectivity index (χ4v) is 1.99. The van der Waals surface area contributed by atoms with Gasteiger partial charge in [-0.05, 0) is 0 Å². The molecule has 0 amide bonds. The van der Waals surface area contributed by atoms with E-state index >= 15 is 0 Å². The Kier molecular flexibility index (Phi) is 8.06. The van der Waals surface area contributed by atoms with E-state index in [0.29, 0.717) is 38.8 Å². The van der Waals surface area contributed by atoms with Gasteiger partial charge in [0.2, 0.25) is 5.90 Å². The van der Waals surface area contributed by atoms with Crippen molar-refractivity contribution in [3.05, 3.63) is 18.0 Å². The number of aromatic nitrogens is 1. The number of ether oxygens (including phenoxy) is 5. The van der Waals surface area contributed by atoms with E-state index < -0.39 is 12.0 Å². The quantitative estimate of drug-likeness (QED) is 0.491. The summed E-state index contributed by atoms with van der Waals surface area (Å²) >= 11 is 0. The van der Waals surface area contributed by atoms with Crippen molar-refractivity contribution in [1.29, 1.82) is 0 Å². The van der Waals surface area contributed by atoms with Gasteiger partial charge in [0.1, 0.15) is 19.0 Å². The third-order valence-electron chi connectivity index (χ3n) is 3.28. The summed E-state index contributed by atoms with van der Waals surface area (Å²) in [5.74, 6) is -0.957. The third kappa shape index (κ3) is 6.14. The normalized spacial score (nSPS) is 16.2. The molecule has 1 aliphatic heterocycles.